The van der Waals surface area contributed by atoms with Crippen LogP contribution >= 0.6 is 11.3 Å². The molecule has 0 aliphatic carbocycles. The molecule has 7 nitrogen and oxygen atoms in total. The van der Waals surface area contributed by atoms with Gasteiger partial charge in [0.15, 0.2) is 5.76 Å². The number of furan rings is 1. The highest BCUT2D eigenvalue weighted by atomic mass is 32.1. The van der Waals surface area contributed by atoms with Gasteiger partial charge in [0.25, 0.3) is 5.91 Å². The van der Waals surface area contributed by atoms with Gasteiger partial charge in [-0.1, -0.05) is 6.07 Å². The molecule has 0 saturated carbocycles. The molecule has 0 aromatic carbocycles. The summed E-state index contributed by atoms with van der Waals surface area (Å²) in [7, 11) is 0. The standard InChI is InChI=1S/C20H18N4O3S/c1-13-7-9-24-16(12-13)22-18(15-5-3-11-28-15)19(24)23-17(25)6-8-21-20(26)14-4-2-10-27-14/h2-5,7,9-12H,6,8H2,1H3,(H,21,26)(H,23,25). The number of rotatable bonds is 6. The van der Waals surface area contributed by atoms with Crippen molar-refractivity contribution in [2.24, 2.45) is 0 Å². The third kappa shape index (κ3) is 3.67. The van der Waals surface area contributed by atoms with Gasteiger partial charge in [-0.25, -0.2) is 4.98 Å². The highest BCUT2D eigenvalue weighted by molar-refractivity contribution is 7.13. The maximum atomic E-state index is 12.5. The summed E-state index contributed by atoms with van der Waals surface area (Å²) in [6.45, 7) is 2.20. The predicted octanol–water partition coefficient (Wildman–Crippen LogP) is 3.72. The summed E-state index contributed by atoms with van der Waals surface area (Å²) in [6, 6.07) is 11.1. The summed E-state index contributed by atoms with van der Waals surface area (Å²) < 4.78 is 6.89. The summed E-state index contributed by atoms with van der Waals surface area (Å²) >= 11 is 1.56. The number of nitrogens with one attached hydrogen (secondary N) is 2. The lowest BCUT2D eigenvalue weighted by atomic mass is 10.3. The number of thiophene rings is 1. The molecular weight excluding hydrogens is 376 g/mol. The van der Waals surface area contributed by atoms with E-state index >= 15 is 0 Å². The smallest absolute Gasteiger partial charge is 0.286 e. The van der Waals surface area contributed by atoms with E-state index in [-0.39, 0.29) is 30.5 Å². The zero-order valence-electron chi connectivity index (χ0n) is 15.1. The fourth-order valence-corrected chi connectivity index (χ4v) is 3.54. The van der Waals surface area contributed by atoms with Crippen molar-refractivity contribution >= 4 is 34.6 Å². The second-order valence-electron chi connectivity index (χ2n) is 6.25. The Kier molecular flexibility index (Phi) is 4.94. The minimum atomic E-state index is -0.345. The van der Waals surface area contributed by atoms with Gasteiger partial charge in [0.05, 0.1) is 11.1 Å². The Hall–Kier alpha value is -3.39. The van der Waals surface area contributed by atoms with E-state index < -0.39 is 0 Å². The molecule has 0 aliphatic rings. The Morgan fingerprint density at radius 1 is 1.25 bits per heavy atom. The molecule has 0 bridgehead atoms. The molecule has 28 heavy (non-hydrogen) atoms. The van der Waals surface area contributed by atoms with Crippen LogP contribution in [0.15, 0.2) is 58.7 Å². The van der Waals surface area contributed by atoms with Crippen molar-refractivity contribution in [1.82, 2.24) is 14.7 Å². The van der Waals surface area contributed by atoms with Crippen molar-refractivity contribution in [3.63, 3.8) is 0 Å². The van der Waals surface area contributed by atoms with Gasteiger partial charge in [-0.05, 0) is 48.2 Å². The van der Waals surface area contributed by atoms with Gasteiger partial charge in [0.1, 0.15) is 17.2 Å². The monoisotopic (exact) mass is 394 g/mol. The normalized spacial score (nSPS) is 10.9. The van der Waals surface area contributed by atoms with Gasteiger partial charge in [-0.15, -0.1) is 11.3 Å². The molecule has 8 heteroatoms. The second kappa shape index (κ2) is 7.69. The van der Waals surface area contributed by atoms with E-state index in [4.69, 9.17) is 4.42 Å². The number of hydrogen-bond donors (Lipinski definition) is 2. The lowest BCUT2D eigenvalue weighted by Gasteiger charge is -2.08. The van der Waals surface area contributed by atoms with Crippen LogP contribution in [0.25, 0.3) is 16.2 Å². The van der Waals surface area contributed by atoms with Crippen LogP contribution in [0.1, 0.15) is 22.5 Å². The molecule has 142 valence electrons. The number of aromatic nitrogens is 2. The van der Waals surface area contributed by atoms with E-state index in [2.05, 4.69) is 15.6 Å². The molecule has 2 amide bonds. The average molecular weight is 394 g/mol. The summed E-state index contributed by atoms with van der Waals surface area (Å²) in [5.74, 6) is 0.291. The molecule has 4 heterocycles. The lowest BCUT2D eigenvalue weighted by molar-refractivity contribution is -0.116. The van der Waals surface area contributed by atoms with Gasteiger partial charge in [0.2, 0.25) is 5.91 Å². The average Bonchev–Trinajstić information content (AvgIpc) is 3.43. The molecule has 0 aliphatic heterocycles. The highest BCUT2D eigenvalue weighted by Crippen LogP contribution is 2.32. The fourth-order valence-electron chi connectivity index (χ4n) is 2.83. The summed E-state index contributed by atoms with van der Waals surface area (Å²) in [4.78, 5) is 30.0. The SMILES string of the molecule is Cc1ccn2c(NC(=O)CCNC(=O)c3ccco3)c(-c3cccs3)nc2c1. The lowest BCUT2D eigenvalue weighted by Crippen LogP contribution is -2.27. The van der Waals surface area contributed by atoms with Gasteiger partial charge in [-0.3, -0.25) is 14.0 Å². The zero-order chi connectivity index (χ0) is 19.5. The minimum absolute atomic E-state index is 0.134. The Labute approximate surface area is 165 Å². The highest BCUT2D eigenvalue weighted by Gasteiger charge is 2.17. The number of imidazole rings is 1. The van der Waals surface area contributed by atoms with E-state index in [1.54, 1.807) is 23.5 Å². The van der Waals surface area contributed by atoms with Crippen LogP contribution in [0.5, 0.6) is 0 Å². The van der Waals surface area contributed by atoms with Crippen LogP contribution in [0.2, 0.25) is 0 Å². The van der Waals surface area contributed by atoms with E-state index in [9.17, 15) is 9.59 Å². The predicted molar refractivity (Wildman–Crippen MR) is 108 cm³/mol. The number of aryl methyl sites for hydroxylation is 1. The number of nitrogens with zero attached hydrogens (tertiary/aromatic N) is 2. The van der Waals surface area contributed by atoms with Gasteiger partial charge < -0.3 is 15.1 Å². The largest absolute Gasteiger partial charge is 0.459 e. The third-order valence-corrected chi connectivity index (χ3v) is 5.05. The molecule has 0 unspecified atom stereocenters. The summed E-state index contributed by atoms with van der Waals surface area (Å²) in [5, 5.41) is 7.58. The van der Waals surface area contributed by atoms with Gasteiger partial charge in [-0.2, -0.15) is 0 Å². The molecule has 4 aromatic heterocycles. The van der Waals surface area contributed by atoms with E-state index in [1.165, 1.54) is 6.26 Å². The molecule has 0 fully saturated rings. The molecular formula is C20H18N4O3S. The van der Waals surface area contributed by atoms with Crippen molar-refractivity contribution in [1.29, 1.82) is 0 Å². The van der Waals surface area contributed by atoms with Crippen LogP contribution < -0.4 is 10.6 Å². The second-order valence-corrected chi connectivity index (χ2v) is 7.20. The topological polar surface area (TPSA) is 88.6 Å². The first-order valence-corrected chi connectivity index (χ1v) is 9.64. The van der Waals surface area contributed by atoms with Crippen molar-refractivity contribution in [3.8, 4) is 10.6 Å². The quantitative estimate of drug-likeness (QED) is 0.522. The van der Waals surface area contributed by atoms with Crippen molar-refractivity contribution < 1.29 is 14.0 Å². The molecule has 4 aromatic rings. The van der Waals surface area contributed by atoms with E-state index in [0.29, 0.717) is 5.82 Å². The Bertz CT molecular complexity index is 1110. The van der Waals surface area contributed by atoms with Crippen LogP contribution in [-0.2, 0) is 4.79 Å². The van der Waals surface area contributed by atoms with Gasteiger partial charge >= 0.3 is 0 Å². The first-order chi connectivity index (χ1) is 13.6. The number of fused-ring (bicyclic) bond motifs is 1. The Morgan fingerprint density at radius 3 is 2.89 bits per heavy atom. The first kappa shape index (κ1) is 18.0. The molecule has 4 rings (SSSR count). The van der Waals surface area contributed by atoms with Crippen LogP contribution in [0, 0.1) is 6.92 Å². The zero-order valence-corrected chi connectivity index (χ0v) is 16.0. The van der Waals surface area contributed by atoms with Crippen molar-refractivity contribution in [2.75, 3.05) is 11.9 Å². The first-order valence-electron chi connectivity index (χ1n) is 8.76. The van der Waals surface area contributed by atoms with Crippen LogP contribution in [0.3, 0.4) is 0 Å². The molecule has 0 atom stereocenters. The number of carbonyl (C=O) groups excluding carboxylic acids is 2. The van der Waals surface area contributed by atoms with Crippen LogP contribution in [-0.4, -0.2) is 27.7 Å². The number of hydrogen-bond acceptors (Lipinski definition) is 5. The fraction of sp³-hybridized carbons (Fsp3) is 0.150. The summed E-state index contributed by atoms with van der Waals surface area (Å²) in [6.07, 6.45) is 3.46. The maximum absolute atomic E-state index is 12.5. The summed E-state index contributed by atoms with van der Waals surface area (Å²) in [5.41, 5.74) is 2.59. The van der Waals surface area contributed by atoms with Gasteiger partial charge in [0, 0.05) is 19.2 Å². The number of amides is 2. The number of anilines is 1. The third-order valence-electron chi connectivity index (χ3n) is 4.18. The van der Waals surface area contributed by atoms with Crippen molar-refractivity contribution in [2.45, 2.75) is 13.3 Å². The molecule has 0 spiro atoms. The molecule has 0 saturated heterocycles. The van der Waals surface area contributed by atoms with Crippen molar-refractivity contribution in [3.05, 3.63) is 65.6 Å². The minimum Gasteiger partial charge on any atom is -0.459 e. The molecule has 2 N–H and O–H groups in total. The Balaban J connectivity index is 1.49. The molecule has 0 radical (unpaired) electrons. The van der Waals surface area contributed by atoms with E-state index in [1.807, 2.05) is 47.2 Å². The van der Waals surface area contributed by atoms with E-state index in [0.717, 1.165) is 21.8 Å². The number of pyridine rings is 1. The Morgan fingerprint density at radius 2 is 2.14 bits per heavy atom. The maximum Gasteiger partial charge on any atom is 0.286 e. The number of carbonyl (C=O) groups is 2. The van der Waals surface area contributed by atoms with Crippen LogP contribution in [0.4, 0.5) is 5.82 Å².